The standard InChI is InChI=1S/C26H26N6O2/c1-3-18-8-10-19(11-9-18)23(15-27)29-26(34)24-16-32(31-30-24)13-12-28-25(33)22-14-20-6-4-5-7-21(20)17(22)2/h4-11,16,23H,3,12-14H2,1-2H3,(H,28,33)(H,29,34). The Morgan fingerprint density at radius 3 is 2.62 bits per heavy atom. The van der Waals surface area contributed by atoms with Crippen LogP contribution in [-0.2, 0) is 24.2 Å². The van der Waals surface area contributed by atoms with E-state index in [-0.39, 0.29) is 11.6 Å². The van der Waals surface area contributed by atoms with Crippen LogP contribution < -0.4 is 10.6 Å². The van der Waals surface area contributed by atoms with Gasteiger partial charge in [-0.25, -0.2) is 4.68 Å². The van der Waals surface area contributed by atoms with Crippen LogP contribution in [0, 0.1) is 11.3 Å². The van der Waals surface area contributed by atoms with Crippen molar-refractivity contribution in [3.05, 3.63) is 88.2 Å². The van der Waals surface area contributed by atoms with E-state index in [2.05, 4.69) is 33.9 Å². The lowest BCUT2D eigenvalue weighted by Gasteiger charge is -2.11. The quantitative estimate of drug-likeness (QED) is 0.543. The number of carbonyl (C=O) groups excluding carboxylic acids is 2. The van der Waals surface area contributed by atoms with Crippen molar-refractivity contribution in [3.8, 4) is 6.07 Å². The summed E-state index contributed by atoms with van der Waals surface area (Å²) < 4.78 is 1.50. The van der Waals surface area contributed by atoms with E-state index in [4.69, 9.17) is 0 Å². The molecule has 0 saturated heterocycles. The number of aryl methyl sites for hydroxylation is 1. The molecule has 0 saturated carbocycles. The largest absolute Gasteiger partial charge is 0.350 e. The zero-order valence-electron chi connectivity index (χ0n) is 19.2. The van der Waals surface area contributed by atoms with E-state index in [0.29, 0.717) is 25.1 Å². The number of hydrogen-bond acceptors (Lipinski definition) is 5. The lowest BCUT2D eigenvalue weighted by atomic mass is 10.0. The molecule has 1 heterocycles. The van der Waals surface area contributed by atoms with E-state index in [1.165, 1.54) is 10.9 Å². The summed E-state index contributed by atoms with van der Waals surface area (Å²) in [7, 11) is 0. The molecule has 1 aliphatic rings. The first-order valence-corrected chi connectivity index (χ1v) is 11.3. The Hall–Kier alpha value is -4.25. The Morgan fingerprint density at radius 1 is 1.15 bits per heavy atom. The summed E-state index contributed by atoms with van der Waals surface area (Å²) in [6.45, 7) is 4.74. The van der Waals surface area contributed by atoms with Crippen LogP contribution >= 0.6 is 0 Å². The Labute approximate surface area is 198 Å². The van der Waals surface area contributed by atoms with E-state index >= 15 is 0 Å². The molecule has 172 valence electrons. The number of allylic oxidation sites excluding steroid dienone is 1. The lowest BCUT2D eigenvalue weighted by molar-refractivity contribution is -0.117. The minimum absolute atomic E-state index is 0.0993. The predicted molar refractivity (Wildman–Crippen MR) is 127 cm³/mol. The van der Waals surface area contributed by atoms with Crippen molar-refractivity contribution < 1.29 is 9.59 Å². The number of amides is 2. The highest BCUT2D eigenvalue weighted by Gasteiger charge is 2.23. The molecule has 0 bridgehead atoms. The monoisotopic (exact) mass is 454 g/mol. The molecular formula is C26H26N6O2. The fourth-order valence-corrected chi connectivity index (χ4v) is 4.02. The van der Waals surface area contributed by atoms with Gasteiger partial charge in [0.1, 0.15) is 6.04 Å². The minimum atomic E-state index is -0.783. The maximum atomic E-state index is 12.6. The highest BCUT2D eigenvalue weighted by molar-refractivity contribution is 6.03. The first-order chi connectivity index (χ1) is 16.5. The Bertz CT molecular complexity index is 1280. The van der Waals surface area contributed by atoms with Crippen LogP contribution in [0.25, 0.3) is 5.57 Å². The second kappa shape index (κ2) is 10.1. The molecule has 0 aliphatic heterocycles. The van der Waals surface area contributed by atoms with Crippen LogP contribution in [0.5, 0.6) is 0 Å². The normalized spacial score (nSPS) is 13.2. The topological polar surface area (TPSA) is 113 Å². The molecule has 4 rings (SSSR count). The number of aromatic nitrogens is 3. The van der Waals surface area contributed by atoms with Crippen molar-refractivity contribution in [3.63, 3.8) is 0 Å². The molecular weight excluding hydrogens is 428 g/mol. The summed E-state index contributed by atoms with van der Waals surface area (Å²) in [4.78, 5) is 25.2. The van der Waals surface area contributed by atoms with Crippen molar-refractivity contribution >= 4 is 17.4 Å². The van der Waals surface area contributed by atoms with E-state index in [1.807, 2.05) is 55.5 Å². The number of fused-ring (bicyclic) bond motifs is 1. The maximum absolute atomic E-state index is 12.6. The highest BCUT2D eigenvalue weighted by atomic mass is 16.2. The van der Waals surface area contributed by atoms with Crippen molar-refractivity contribution in [2.24, 2.45) is 0 Å². The molecule has 34 heavy (non-hydrogen) atoms. The van der Waals surface area contributed by atoms with Crippen LogP contribution in [0.3, 0.4) is 0 Å². The predicted octanol–water partition coefficient (Wildman–Crippen LogP) is 2.98. The van der Waals surface area contributed by atoms with Gasteiger partial charge in [-0.05, 0) is 41.2 Å². The molecule has 0 spiro atoms. The van der Waals surface area contributed by atoms with Crippen molar-refractivity contribution in [1.29, 1.82) is 5.26 Å². The van der Waals surface area contributed by atoms with E-state index < -0.39 is 11.9 Å². The Balaban J connectivity index is 1.30. The number of rotatable bonds is 8. The SMILES string of the molecule is CCc1ccc(C(C#N)NC(=O)c2cn(CCNC(=O)C3=C(C)c4ccccc4C3)nn2)cc1. The summed E-state index contributed by atoms with van der Waals surface area (Å²) in [6, 6.07) is 16.9. The first-order valence-electron chi connectivity index (χ1n) is 11.3. The van der Waals surface area contributed by atoms with Gasteiger partial charge in [0.25, 0.3) is 5.91 Å². The smallest absolute Gasteiger partial charge is 0.274 e. The van der Waals surface area contributed by atoms with Gasteiger partial charge in [-0.2, -0.15) is 5.26 Å². The second-order valence-electron chi connectivity index (χ2n) is 8.19. The van der Waals surface area contributed by atoms with Crippen LogP contribution in [0.1, 0.15) is 52.6 Å². The molecule has 1 aliphatic carbocycles. The summed E-state index contributed by atoms with van der Waals surface area (Å²) in [5, 5.41) is 23.0. The summed E-state index contributed by atoms with van der Waals surface area (Å²) in [5.74, 6) is -0.580. The Kier molecular flexibility index (Phi) is 6.83. The minimum Gasteiger partial charge on any atom is -0.350 e. The maximum Gasteiger partial charge on any atom is 0.274 e. The van der Waals surface area contributed by atoms with E-state index in [1.54, 1.807) is 0 Å². The third-order valence-electron chi connectivity index (χ3n) is 6.04. The van der Waals surface area contributed by atoms with Crippen molar-refractivity contribution in [2.75, 3.05) is 6.54 Å². The molecule has 1 aromatic heterocycles. The van der Waals surface area contributed by atoms with Crippen LogP contribution in [-0.4, -0.2) is 33.4 Å². The van der Waals surface area contributed by atoms with Gasteiger partial charge in [-0.15, -0.1) is 5.10 Å². The molecule has 0 radical (unpaired) electrons. The highest BCUT2D eigenvalue weighted by Crippen LogP contribution is 2.32. The van der Waals surface area contributed by atoms with Gasteiger partial charge >= 0.3 is 0 Å². The van der Waals surface area contributed by atoms with Crippen LogP contribution in [0.2, 0.25) is 0 Å². The van der Waals surface area contributed by atoms with Gasteiger partial charge in [0.2, 0.25) is 5.91 Å². The van der Waals surface area contributed by atoms with E-state index in [0.717, 1.165) is 34.3 Å². The first kappa shape index (κ1) is 22.9. The average molecular weight is 455 g/mol. The lowest BCUT2D eigenvalue weighted by Crippen LogP contribution is -2.29. The number of nitrogens with zero attached hydrogens (tertiary/aromatic N) is 4. The van der Waals surface area contributed by atoms with Gasteiger partial charge in [0.05, 0.1) is 18.8 Å². The van der Waals surface area contributed by atoms with E-state index in [9.17, 15) is 14.9 Å². The molecule has 3 aromatic rings. The summed E-state index contributed by atoms with van der Waals surface area (Å²) in [6.07, 6.45) is 3.03. The summed E-state index contributed by atoms with van der Waals surface area (Å²) in [5.41, 5.74) is 6.04. The molecule has 8 nitrogen and oxygen atoms in total. The molecule has 2 amide bonds. The second-order valence-corrected chi connectivity index (χ2v) is 8.19. The van der Waals surface area contributed by atoms with Gasteiger partial charge in [0, 0.05) is 18.5 Å². The third kappa shape index (κ3) is 4.89. The fourth-order valence-electron chi connectivity index (χ4n) is 4.02. The number of benzene rings is 2. The number of nitriles is 1. The summed E-state index contributed by atoms with van der Waals surface area (Å²) >= 11 is 0. The van der Waals surface area contributed by atoms with Gasteiger partial charge in [-0.1, -0.05) is 60.7 Å². The molecule has 0 fully saturated rings. The Morgan fingerprint density at radius 2 is 1.91 bits per heavy atom. The van der Waals surface area contributed by atoms with Gasteiger partial charge in [-0.3, -0.25) is 9.59 Å². The molecule has 1 atom stereocenters. The molecule has 2 N–H and O–H groups in total. The zero-order chi connectivity index (χ0) is 24.1. The van der Waals surface area contributed by atoms with Crippen molar-refractivity contribution in [1.82, 2.24) is 25.6 Å². The van der Waals surface area contributed by atoms with Gasteiger partial charge < -0.3 is 10.6 Å². The fraction of sp³-hybridized carbons (Fsp3) is 0.269. The molecule has 1 unspecified atom stereocenters. The van der Waals surface area contributed by atoms with Gasteiger partial charge in [0.15, 0.2) is 5.69 Å². The van der Waals surface area contributed by atoms with Crippen molar-refractivity contribution in [2.45, 2.75) is 39.3 Å². The van der Waals surface area contributed by atoms with Crippen LogP contribution in [0.4, 0.5) is 0 Å². The van der Waals surface area contributed by atoms with Crippen LogP contribution in [0.15, 0.2) is 60.3 Å². The zero-order valence-corrected chi connectivity index (χ0v) is 19.2. The number of nitrogens with one attached hydrogen (secondary N) is 2. The average Bonchev–Trinajstić information content (AvgIpc) is 3.47. The molecule has 2 aromatic carbocycles. The third-order valence-corrected chi connectivity index (χ3v) is 6.04. The number of carbonyl (C=O) groups is 2. The number of hydrogen-bond donors (Lipinski definition) is 2. The molecule has 8 heteroatoms.